The Labute approximate surface area is 109 Å². The molecule has 0 spiro atoms. The zero-order valence-electron chi connectivity index (χ0n) is 12.4. The molecular formula is C14H26F3N. The Morgan fingerprint density at radius 2 is 1.67 bits per heavy atom. The standard InChI is InChI=1S/C8H18.C6H8F3N/c1-5-6-7-8(2,3)4;1-3-5(4-10-2)6(7,8)9/h5-7H2,1-4H3;3-4H,1-2H3/b;5-3+,10-4?. The molecule has 0 unspecified atom stereocenters. The van der Waals surface area contributed by atoms with Crippen LogP contribution in [-0.2, 0) is 0 Å². The number of alkyl halides is 3. The van der Waals surface area contributed by atoms with Crippen molar-refractivity contribution in [1.82, 2.24) is 0 Å². The lowest BCUT2D eigenvalue weighted by atomic mass is 9.90. The summed E-state index contributed by atoms with van der Waals surface area (Å²) in [6.45, 7) is 10.4. The van der Waals surface area contributed by atoms with Gasteiger partial charge in [0.2, 0.25) is 0 Å². The van der Waals surface area contributed by atoms with Crippen LogP contribution in [0.2, 0.25) is 0 Å². The highest BCUT2D eigenvalue weighted by molar-refractivity contribution is 5.79. The predicted octanol–water partition coefficient (Wildman–Crippen LogP) is 5.42. The van der Waals surface area contributed by atoms with Crippen LogP contribution in [0.5, 0.6) is 0 Å². The smallest absolute Gasteiger partial charge is 0.296 e. The maximum Gasteiger partial charge on any atom is 0.417 e. The monoisotopic (exact) mass is 265 g/mol. The molecule has 18 heavy (non-hydrogen) atoms. The number of hydrogen-bond acceptors (Lipinski definition) is 1. The van der Waals surface area contributed by atoms with E-state index in [9.17, 15) is 13.2 Å². The molecular weight excluding hydrogens is 239 g/mol. The van der Waals surface area contributed by atoms with Crippen molar-refractivity contribution in [3.05, 3.63) is 11.6 Å². The molecule has 0 radical (unpaired) electrons. The van der Waals surface area contributed by atoms with E-state index in [1.54, 1.807) is 0 Å². The molecule has 0 rings (SSSR count). The van der Waals surface area contributed by atoms with Gasteiger partial charge in [-0.1, -0.05) is 46.6 Å². The molecule has 0 fully saturated rings. The van der Waals surface area contributed by atoms with Gasteiger partial charge in [0.15, 0.2) is 0 Å². The molecule has 0 bridgehead atoms. The first-order chi connectivity index (χ1) is 8.08. The van der Waals surface area contributed by atoms with E-state index in [0.717, 1.165) is 12.3 Å². The van der Waals surface area contributed by atoms with Crippen molar-refractivity contribution in [2.45, 2.75) is 60.1 Å². The van der Waals surface area contributed by atoms with Crippen molar-refractivity contribution >= 4 is 6.21 Å². The highest BCUT2D eigenvalue weighted by Gasteiger charge is 2.31. The van der Waals surface area contributed by atoms with Gasteiger partial charge < -0.3 is 0 Å². The van der Waals surface area contributed by atoms with Crippen LogP contribution in [-0.4, -0.2) is 19.4 Å². The van der Waals surface area contributed by atoms with Gasteiger partial charge in [-0.3, -0.25) is 4.99 Å². The second-order valence-electron chi connectivity index (χ2n) is 5.29. The molecule has 0 aromatic heterocycles. The Balaban J connectivity index is 0. The number of nitrogens with zero attached hydrogens (tertiary/aromatic N) is 1. The molecule has 108 valence electrons. The van der Waals surface area contributed by atoms with E-state index in [4.69, 9.17) is 0 Å². The zero-order valence-corrected chi connectivity index (χ0v) is 12.4. The summed E-state index contributed by atoms with van der Waals surface area (Å²) in [5, 5.41) is 0. The van der Waals surface area contributed by atoms with Crippen molar-refractivity contribution in [1.29, 1.82) is 0 Å². The highest BCUT2D eigenvalue weighted by Crippen LogP contribution is 2.23. The fraction of sp³-hybridized carbons (Fsp3) is 0.786. The third kappa shape index (κ3) is 13.3. The summed E-state index contributed by atoms with van der Waals surface area (Å²) < 4.78 is 35.2. The maximum absolute atomic E-state index is 11.7. The second-order valence-corrected chi connectivity index (χ2v) is 5.29. The molecule has 0 saturated carbocycles. The quantitative estimate of drug-likeness (QED) is 0.604. The van der Waals surface area contributed by atoms with Gasteiger partial charge in [0, 0.05) is 13.3 Å². The number of unbranched alkanes of at least 4 members (excludes halogenated alkanes) is 1. The van der Waals surface area contributed by atoms with Gasteiger partial charge in [-0.05, 0) is 18.8 Å². The lowest BCUT2D eigenvalue weighted by Gasteiger charge is -2.16. The number of allylic oxidation sites excluding steroid dienone is 2. The van der Waals surface area contributed by atoms with Gasteiger partial charge in [-0.2, -0.15) is 13.2 Å². The third-order valence-corrected chi connectivity index (χ3v) is 2.19. The van der Waals surface area contributed by atoms with E-state index in [1.807, 2.05) is 0 Å². The van der Waals surface area contributed by atoms with Crippen LogP contribution < -0.4 is 0 Å². The van der Waals surface area contributed by atoms with Crippen LogP contribution in [0.15, 0.2) is 16.6 Å². The second kappa shape index (κ2) is 9.17. The van der Waals surface area contributed by atoms with E-state index < -0.39 is 11.7 Å². The molecule has 0 aromatic carbocycles. The van der Waals surface area contributed by atoms with Crippen molar-refractivity contribution in [3.8, 4) is 0 Å². The fourth-order valence-electron chi connectivity index (χ4n) is 1.16. The molecule has 0 aliphatic carbocycles. The van der Waals surface area contributed by atoms with Gasteiger partial charge in [0.05, 0.1) is 5.57 Å². The van der Waals surface area contributed by atoms with Crippen molar-refractivity contribution < 1.29 is 13.2 Å². The summed E-state index contributed by atoms with van der Waals surface area (Å²) in [6.07, 6.45) is 1.57. The summed E-state index contributed by atoms with van der Waals surface area (Å²) in [4.78, 5) is 3.26. The Bertz CT molecular complexity index is 257. The van der Waals surface area contributed by atoms with Gasteiger partial charge in [0.25, 0.3) is 0 Å². The van der Waals surface area contributed by atoms with Gasteiger partial charge in [-0.25, -0.2) is 0 Å². The van der Waals surface area contributed by atoms with E-state index in [0.29, 0.717) is 5.41 Å². The van der Waals surface area contributed by atoms with Crippen LogP contribution in [0.3, 0.4) is 0 Å². The zero-order chi connectivity index (χ0) is 14.8. The van der Waals surface area contributed by atoms with E-state index in [2.05, 4.69) is 32.7 Å². The molecule has 0 aliphatic heterocycles. The molecule has 0 saturated heterocycles. The van der Waals surface area contributed by atoms with Crippen LogP contribution in [0.1, 0.15) is 53.9 Å². The minimum absolute atomic E-state index is 0.552. The molecule has 0 atom stereocenters. The highest BCUT2D eigenvalue weighted by atomic mass is 19.4. The predicted molar refractivity (Wildman–Crippen MR) is 73.2 cm³/mol. The molecule has 0 N–H and O–H groups in total. The molecule has 0 aromatic rings. The summed E-state index contributed by atoms with van der Waals surface area (Å²) in [7, 11) is 1.30. The van der Waals surface area contributed by atoms with Crippen LogP contribution >= 0.6 is 0 Å². The normalized spacial score (nSPS) is 13.5. The van der Waals surface area contributed by atoms with E-state index in [-0.39, 0.29) is 0 Å². The van der Waals surface area contributed by atoms with E-state index >= 15 is 0 Å². The lowest BCUT2D eigenvalue weighted by molar-refractivity contribution is -0.0857. The Hall–Kier alpha value is -0.800. The topological polar surface area (TPSA) is 12.4 Å². The Kier molecular flexibility index (Phi) is 9.96. The van der Waals surface area contributed by atoms with Crippen LogP contribution in [0, 0.1) is 5.41 Å². The molecule has 0 amide bonds. The fourth-order valence-corrected chi connectivity index (χ4v) is 1.16. The number of halogens is 3. The first kappa shape index (κ1) is 19.5. The van der Waals surface area contributed by atoms with Crippen molar-refractivity contribution in [2.24, 2.45) is 10.4 Å². The number of rotatable bonds is 3. The largest absolute Gasteiger partial charge is 0.417 e. The summed E-state index contributed by atoms with van der Waals surface area (Å²) >= 11 is 0. The van der Waals surface area contributed by atoms with Crippen molar-refractivity contribution in [3.63, 3.8) is 0 Å². The minimum Gasteiger partial charge on any atom is -0.296 e. The van der Waals surface area contributed by atoms with Crippen LogP contribution in [0.25, 0.3) is 0 Å². The maximum atomic E-state index is 11.7. The summed E-state index contributed by atoms with van der Waals surface area (Å²) in [5.41, 5.74) is -0.161. The Morgan fingerprint density at radius 1 is 1.17 bits per heavy atom. The van der Waals surface area contributed by atoms with Crippen molar-refractivity contribution in [2.75, 3.05) is 7.05 Å². The molecule has 1 nitrogen and oxygen atoms in total. The molecule has 4 heteroatoms. The number of aliphatic imine (C=N–C) groups is 1. The van der Waals surface area contributed by atoms with Gasteiger partial charge >= 0.3 is 6.18 Å². The average molecular weight is 265 g/mol. The SMILES string of the molecule is C/C=C(\C=NC)C(F)(F)F.CCCCC(C)(C)C. The number of hydrogen-bond donors (Lipinski definition) is 0. The first-order valence-electron chi connectivity index (χ1n) is 6.24. The third-order valence-electron chi connectivity index (χ3n) is 2.19. The van der Waals surface area contributed by atoms with Gasteiger partial charge in [0.1, 0.15) is 0 Å². The first-order valence-corrected chi connectivity index (χ1v) is 6.24. The molecule has 0 aliphatic rings. The molecule has 0 heterocycles. The Morgan fingerprint density at radius 3 is 1.78 bits per heavy atom. The van der Waals surface area contributed by atoms with Crippen LogP contribution in [0.4, 0.5) is 13.2 Å². The summed E-state index contributed by atoms with van der Waals surface area (Å²) in [6, 6.07) is 0. The van der Waals surface area contributed by atoms with Gasteiger partial charge in [-0.15, -0.1) is 0 Å². The average Bonchev–Trinajstić information content (AvgIpc) is 2.21. The minimum atomic E-state index is -4.27. The van der Waals surface area contributed by atoms with E-state index in [1.165, 1.54) is 33.2 Å². The lowest BCUT2D eigenvalue weighted by Crippen LogP contribution is -2.12. The summed E-state index contributed by atoms with van der Waals surface area (Å²) in [5.74, 6) is 0.